The summed E-state index contributed by atoms with van der Waals surface area (Å²) in [5.74, 6) is 0.125. The summed E-state index contributed by atoms with van der Waals surface area (Å²) in [7, 11) is 0. The average molecular weight is 385 g/mol. The molecule has 27 heavy (non-hydrogen) atoms. The van der Waals surface area contributed by atoms with E-state index in [4.69, 9.17) is 16.1 Å². The van der Waals surface area contributed by atoms with Gasteiger partial charge in [-0.3, -0.25) is 4.79 Å². The molecule has 3 heterocycles. The molecule has 2 aromatic heterocycles. The van der Waals surface area contributed by atoms with Crippen LogP contribution in [0, 0.1) is 0 Å². The number of piperazine rings is 1. The van der Waals surface area contributed by atoms with Gasteiger partial charge in [0.1, 0.15) is 0 Å². The van der Waals surface area contributed by atoms with E-state index in [9.17, 15) is 4.79 Å². The van der Waals surface area contributed by atoms with Crippen molar-refractivity contribution >= 4 is 28.6 Å². The summed E-state index contributed by atoms with van der Waals surface area (Å²) < 4.78 is 5.28. The number of carbonyl (C=O) groups is 1. The van der Waals surface area contributed by atoms with Crippen LogP contribution in [0.3, 0.4) is 0 Å². The first-order chi connectivity index (χ1) is 13.1. The Hall–Kier alpha value is -2.44. The van der Waals surface area contributed by atoms with E-state index >= 15 is 0 Å². The van der Waals surface area contributed by atoms with Crippen molar-refractivity contribution < 1.29 is 9.32 Å². The molecule has 0 bridgehead atoms. The van der Waals surface area contributed by atoms with Crippen molar-refractivity contribution in [2.24, 2.45) is 0 Å². The summed E-state index contributed by atoms with van der Waals surface area (Å²) >= 11 is 6.39. The highest BCUT2D eigenvalue weighted by Crippen LogP contribution is 2.30. The van der Waals surface area contributed by atoms with Crippen LogP contribution in [0.5, 0.6) is 0 Å². The number of nitrogens with one attached hydrogen (secondary N) is 1. The molecule has 4 rings (SSSR count). The molecule has 1 atom stereocenters. The summed E-state index contributed by atoms with van der Waals surface area (Å²) in [5, 5.41) is 8.90. The Morgan fingerprint density at radius 2 is 2.19 bits per heavy atom. The monoisotopic (exact) mass is 384 g/mol. The zero-order valence-electron chi connectivity index (χ0n) is 15.3. The van der Waals surface area contributed by atoms with Gasteiger partial charge in [0, 0.05) is 30.9 Å². The van der Waals surface area contributed by atoms with Gasteiger partial charge in [-0.25, -0.2) is 4.98 Å². The number of amides is 1. The third-order valence-electron chi connectivity index (χ3n) is 4.92. The molecule has 1 fully saturated rings. The molecule has 0 radical (unpaired) electrons. The summed E-state index contributed by atoms with van der Waals surface area (Å²) in [6.07, 6.45) is 1.56. The third-order valence-corrected chi connectivity index (χ3v) is 5.26. The van der Waals surface area contributed by atoms with Gasteiger partial charge in [0.05, 0.1) is 22.7 Å². The van der Waals surface area contributed by atoms with Crippen molar-refractivity contribution in [3.05, 3.63) is 58.4 Å². The zero-order chi connectivity index (χ0) is 19.0. The second kappa shape index (κ2) is 7.29. The molecule has 6 nitrogen and oxygen atoms in total. The van der Waals surface area contributed by atoms with Crippen molar-refractivity contribution in [3.8, 4) is 0 Å². The average Bonchev–Trinajstić information content (AvgIpc) is 3.11. The lowest BCUT2D eigenvalue weighted by Gasteiger charge is -2.37. The van der Waals surface area contributed by atoms with E-state index in [1.807, 2.05) is 49.1 Å². The van der Waals surface area contributed by atoms with E-state index in [-0.39, 0.29) is 17.9 Å². The van der Waals surface area contributed by atoms with Crippen LogP contribution in [0.15, 0.2) is 41.1 Å². The Labute approximate surface area is 162 Å². The smallest absolute Gasteiger partial charge is 0.257 e. The second-order valence-corrected chi connectivity index (χ2v) is 7.45. The lowest BCUT2D eigenvalue weighted by atomic mass is 10.0. The topological polar surface area (TPSA) is 71.3 Å². The highest BCUT2D eigenvalue weighted by Gasteiger charge is 2.30. The van der Waals surface area contributed by atoms with Crippen LogP contribution in [0.2, 0.25) is 5.02 Å². The van der Waals surface area contributed by atoms with Gasteiger partial charge in [-0.15, -0.1) is 0 Å². The molecule has 1 unspecified atom stereocenters. The number of hydrogen-bond donors (Lipinski definition) is 1. The van der Waals surface area contributed by atoms with E-state index in [1.165, 1.54) is 0 Å². The molecule has 1 N–H and O–H groups in total. The number of pyridine rings is 1. The molecular weight excluding hydrogens is 364 g/mol. The number of nitrogens with zero attached hydrogens (tertiary/aromatic N) is 3. The number of halogens is 1. The Bertz CT molecular complexity index is 985. The number of hydrogen-bond acceptors (Lipinski definition) is 5. The van der Waals surface area contributed by atoms with Crippen molar-refractivity contribution in [2.75, 3.05) is 19.6 Å². The minimum Gasteiger partial charge on any atom is -0.336 e. The van der Waals surface area contributed by atoms with E-state index in [2.05, 4.69) is 15.5 Å². The molecule has 0 spiro atoms. The van der Waals surface area contributed by atoms with Gasteiger partial charge in [0.2, 0.25) is 0 Å². The number of benzene rings is 1. The van der Waals surface area contributed by atoms with Gasteiger partial charge < -0.3 is 14.7 Å². The van der Waals surface area contributed by atoms with Crippen molar-refractivity contribution in [1.29, 1.82) is 0 Å². The fraction of sp³-hybridized carbons (Fsp3) is 0.350. The molecule has 1 aliphatic rings. The van der Waals surface area contributed by atoms with Crippen LogP contribution < -0.4 is 5.32 Å². The van der Waals surface area contributed by atoms with E-state index in [0.717, 1.165) is 23.2 Å². The Morgan fingerprint density at radius 1 is 1.37 bits per heavy atom. The maximum atomic E-state index is 13.3. The minimum atomic E-state index is -0.123. The highest BCUT2D eigenvalue weighted by atomic mass is 35.5. The molecule has 3 aromatic rings. The van der Waals surface area contributed by atoms with Gasteiger partial charge in [-0.05, 0) is 23.6 Å². The molecule has 1 aliphatic heterocycles. The normalized spacial score (nSPS) is 17.6. The van der Waals surface area contributed by atoms with Crippen LogP contribution in [-0.4, -0.2) is 40.6 Å². The molecule has 0 aliphatic carbocycles. The zero-order valence-corrected chi connectivity index (χ0v) is 16.0. The van der Waals surface area contributed by atoms with Crippen molar-refractivity contribution in [2.45, 2.75) is 25.8 Å². The Balaban J connectivity index is 1.71. The van der Waals surface area contributed by atoms with E-state index in [0.29, 0.717) is 29.4 Å². The lowest BCUT2D eigenvalue weighted by molar-refractivity contribution is 0.0634. The first-order valence-electron chi connectivity index (χ1n) is 9.07. The van der Waals surface area contributed by atoms with Crippen molar-refractivity contribution in [3.63, 3.8) is 0 Å². The Kier molecular flexibility index (Phi) is 4.85. The van der Waals surface area contributed by atoms with Crippen LogP contribution in [0.1, 0.15) is 47.4 Å². The van der Waals surface area contributed by atoms with Gasteiger partial charge in [0.25, 0.3) is 11.6 Å². The number of fused-ring (bicyclic) bond motifs is 1. The molecular formula is C20H21ClN4O2. The quantitative estimate of drug-likeness (QED) is 0.743. The second-order valence-electron chi connectivity index (χ2n) is 7.04. The first-order valence-corrected chi connectivity index (χ1v) is 9.45. The number of rotatable bonds is 3. The molecule has 140 valence electrons. The molecule has 1 saturated heterocycles. The maximum absolute atomic E-state index is 13.3. The number of aromatic nitrogens is 2. The maximum Gasteiger partial charge on any atom is 0.257 e. The lowest BCUT2D eigenvalue weighted by Crippen LogP contribution is -2.48. The van der Waals surface area contributed by atoms with Crippen molar-refractivity contribution in [1.82, 2.24) is 20.4 Å². The van der Waals surface area contributed by atoms with Crippen LogP contribution in [-0.2, 0) is 0 Å². The van der Waals surface area contributed by atoms with Gasteiger partial charge in [-0.2, -0.15) is 0 Å². The largest absolute Gasteiger partial charge is 0.336 e. The third kappa shape index (κ3) is 3.31. The predicted octanol–water partition coefficient (Wildman–Crippen LogP) is 3.79. The van der Waals surface area contributed by atoms with E-state index < -0.39 is 0 Å². The summed E-state index contributed by atoms with van der Waals surface area (Å²) in [4.78, 5) is 19.5. The van der Waals surface area contributed by atoms with Gasteiger partial charge in [-0.1, -0.05) is 48.8 Å². The summed E-state index contributed by atoms with van der Waals surface area (Å²) in [6.45, 7) is 6.08. The standard InChI is InChI=1S/C20H21ClN4O2/c1-12(2)18-15-9-13(10-23-19(15)27-24-18)20(26)25-8-7-22-11-17(25)14-5-3-4-6-16(14)21/h3-6,9-10,12,17,22H,7-8,11H2,1-2H3. The molecule has 0 saturated carbocycles. The summed E-state index contributed by atoms with van der Waals surface area (Å²) in [5.41, 5.74) is 2.75. The Morgan fingerprint density at radius 3 is 2.96 bits per heavy atom. The summed E-state index contributed by atoms with van der Waals surface area (Å²) in [6, 6.07) is 9.38. The molecule has 1 amide bonds. The van der Waals surface area contributed by atoms with Gasteiger partial charge in [0.15, 0.2) is 0 Å². The van der Waals surface area contributed by atoms with E-state index in [1.54, 1.807) is 6.20 Å². The predicted molar refractivity (Wildman–Crippen MR) is 104 cm³/mol. The van der Waals surface area contributed by atoms with Crippen LogP contribution in [0.4, 0.5) is 0 Å². The first kappa shape index (κ1) is 17.9. The van der Waals surface area contributed by atoms with Crippen LogP contribution in [0.25, 0.3) is 11.1 Å². The van der Waals surface area contributed by atoms with Crippen LogP contribution >= 0.6 is 11.6 Å². The molecule has 1 aromatic carbocycles. The fourth-order valence-corrected chi connectivity index (χ4v) is 3.78. The fourth-order valence-electron chi connectivity index (χ4n) is 3.52. The highest BCUT2D eigenvalue weighted by molar-refractivity contribution is 6.31. The number of carbonyl (C=O) groups excluding carboxylic acids is 1. The minimum absolute atomic E-state index is 0.0632. The molecule has 7 heteroatoms. The van der Waals surface area contributed by atoms with Gasteiger partial charge >= 0.3 is 0 Å². The SMILES string of the molecule is CC(C)c1noc2ncc(C(=O)N3CCNCC3c3ccccc3Cl)cc12.